The van der Waals surface area contributed by atoms with Crippen LogP contribution in [0.3, 0.4) is 0 Å². The minimum absolute atomic E-state index is 0.269. The van der Waals surface area contributed by atoms with Gasteiger partial charge in [-0.1, -0.05) is 39.3 Å². The number of aromatic nitrogens is 1. The molecule has 0 aliphatic carbocycles. The monoisotopic (exact) mass is 341 g/mol. The average Bonchev–Trinajstić information content (AvgIpc) is 2.77. The quantitative estimate of drug-likeness (QED) is 0.658. The molecule has 0 unspecified atom stereocenters. The van der Waals surface area contributed by atoms with Gasteiger partial charge in [-0.3, -0.25) is 0 Å². The van der Waals surface area contributed by atoms with Gasteiger partial charge in [0.2, 0.25) is 0 Å². The predicted octanol–water partition coefficient (Wildman–Crippen LogP) is 5.84. The average molecular weight is 342 g/mol. The van der Waals surface area contributed by atoms with Crippen molar-refractivity contribution in [2.24, 2.45) is 11.8 Å². The highest BCUT2D eigenvalue weighted by atomic mass is 35.5. The topological polar surface area (TPSA) is 22.1 Å². The number of benzene rings is 1. The van der Waals surface area contributed by atoms with Crippen molar-refractivity contribution in [2.75, 3.05) is 6.61 Å². The third-order valence-electron chi connectivity index (χ3n) is 3.04. The Morgan fingerprint density at radius 2 is 1.95 bits per heavy atom. The molecule has 0 fully saturated rings. The molecule has 5 heteroatoms. The minimum atomic E-state index is -0.351. The number of ether oxygens (including phenoxy) is 1. The third kappa shape index (κ3) is 4.43. The van der Waals surface area contributed by atoms with Crippen LogP contribution < -0.4 is 4.74 Å². The second-order valence-corrected chi connectivity index (χ2v) is 7.85. The maximum absolute atomic E-state index is 13.9. The summed E-state index contributed by atoms with van der Waals surface area (Å²) in [5.41, 5.74) is 1.68. The van der Waals surface area contributed by atoms with Gasteiger partial charge >= 0.3 is 0 Å². The summed E-state index contributed by atoms with van der Waals surface area (Å²) < 4.78 is 20.0. The molecule has 22 heavy (non-hydrogen) atoms. The number of hydrogen-bond donors (Lipinski definition) is 0. The summed E-state index contributed by atoms with van der Waals surface area (Å²) in [6.45, 7) is 8.85. The Morgan fingerprint density at radius 3 is 2.59 bits per heavy atom. The number of thiazole rings is 1. The van der Waals surface area contributed by atoms with Crippen LogP contribution >= 0.6 is 22.9 Å². The zero-order valence-corrected chi connectivity index (χ0v) is 14.9. The standard InChI is InChI=1S/C17H21ClFNOS/c1-10(2)7-15-16(20-17(18)22-15)12-5-6-13(19)14(8-12)21-9-11(3)4/h5-6,8,10-11H,7,9H2,1-4H3. The van der Waals surface area contributed by atoms with Gasteiger partial charge in [0.15, 0.2) is 16.0 Å². The number of hydrogen-bond acceptors (Lipinski definition) is 3. The van der Waals surface area contributed by atoms with Gasteiger partial charge in [-0.15, -0.1) is 11.3 Å². The van der Waals surface area contributed by atoms with E-state index in [2.05, 4.69) is 18.8 Å². The maximum Gasteiger partial charge on any atom is 0.184 e. The molecule has 0 aliphatic rings. The fraction of sp³-hybridized carbons (Fsp3) is 0.471. The van der Waals surface area contributed by atoms with E-state index in [1.807, 2.05) is 13.8 Å². The van der Waals surface area contributed by atoms with Gasteiger partial charge < -0.3 is 4.74 Å². The van der Waals surface area contributed by atoms with E-state index in [-0.39, 0.29) is 11.6 Å². The van der Waals surface area contributed by atoms with Crippen molar-refractivity contribution in [1.82, 2.24) is 4.98 Å². The van der Waals surface area contributed by atoms with Crippen LogP contribution in [0.4, 0.5) is 4.39 Å². The fourth-order valence-corrected chi connectivity index (χ4v) is 3.46. The maximum atomic E-state index is 13.9. The Labute approximate surface area is 140 Å². The molecule has 1 aromatic heterocycles. The molecule has 0 amide bonds. The largest absolute Gasteiger partial charge is 0.490 e. The molecule has 2 nitrogen and oxygen atoms in total. The summed E-state index contributed by atoms with van der Waals surface area (Å²) in [6, 6.07) is 4.87. The van der Waals surface area contributed by atoms with Crippen LogP contribution in [-0.2, 0) is 6.42 Å². The van der Waals surface area contributed by atoms with Crippen LogP contribution in [0, 0.1) is 17.7 Å². The molecule has 0 N–H and O–H groups in total. The first-order valence-electron chi connectivity index (χ1n) is 7.44. The van der Waals surface area contributed by atoms with E-state index in [9.17, 15) is 4.39 Å². The van der Waals surface area contributed by atoms with E-state index in [0.29, 0.717) is 22.9 Å². The second kappa shape index (κ2) is 7.42. The van der Waals surface area contributed by atoms with Crippen molar-refractivity contribution in [2.45, 2.75) is 34.1 Å². The van der Waals surface area contributed by atoms with Crippen molar-refractivity contribution >= 4 is 22.9 Å². The zero-order chi connectivity index (χ0) is 16.3. The van der Waals surface area contributed by atoms with Gasteiger partial charge in [0.1, 0.15) is 0 Å². The van der Waals surface area contributed by atoms with Gasteiger partial charge in [-0.05, 0) is 36.5 Å². The summed E-state index contributed by atoms with van der Waals surface area (Å²) in [7, 11) is 0. The Balaban J connectivity index is 2.34. The van der Waals surface area contributed by atoms with Crippen molar-refractivity contribution in [1.29, 1.82) is 0 Å². The molecule has 1 aromatic carbocycles. The Morgan fingerprint density at radius 1 is 1.23 bits per heavy atom. The molecule has 0 radical (unpaired) electrons. The van der Waals surface area contributed by atoms with Crippen molar-refractivity contribution in [3.8, 4) is 17.0 Å². The van der Waals surface area contributed by atoms with Crippen molar-refractivity contribution in [3.63, 3.8) is 0 Å². The molecular weight excluding hydrogens is 321 g/mol. The van der Waals surface area contributed by atoms with E-state index in [1.54, 1.807) is 12.1 Å². The summed E-state index contributed by atoms with van der Waals surface area (Å²) in [6.07, 6.45) is 0.902. The third-order valence-corrected chi connectivity index (χ3v) is 4.22. The number of halogens is 2. The van der Waals surface area contributed by atoms with Gasteiger partial charge in [0.05, 0.1) is 12.3 Å². The predicted molar refractivity (Wildman–Crippen MR) is 91.4 cm³/mol. The Bertz CT molecular complexity index is 640. The lowest BCUT2D eigenvalue weighted by Gasteiger charge is -2.11. The van der Waals surface area contributed by atoms with E-state index < -0.39 is 0 Å². The van der Waals surface area contributed by atoms with Crippen molar-refractivity contribution in [3.05, 3.63) is 33.4 Å². The lowest BCUT2D eigenvalue weighted by Crippen LogP contribution is -2.05. The van der Waals surface area contributed by atoms with E-state index in [0.717, 1.165) is 22.6 Å². The summed E-state index contributed by atoms with van der Waals surface area (Å²) in [5.74, 6) is 0.766. The summed E-state index contributed by atoms with van der Waals surface area (Å²) in [4.78, 5) is 5.53. The molecule has 0 spiro atoms. The van der Waals surface area contributed by atoms with Crippen LogP contribution in [0.25, 0.3) is 11.3 Å². The van der Waals surface area contributed by atoms with Gasteiger partial charge in [0.25, 0.3) is 0 Å². The Kier molecular flexibility index (Phi) is 5.81. The zero-order valence-electron chi connectivity index (χ0n) is 13.3. The van der Waals surface area contributed by atoms with Crippen molar-refractivity contribution < 1.29 is 9.13 Å². The first-order chi connectivity index (χ1) is 10.4. The van der Waals surface area contributed by atoms with E-state index in [1.165, 1.54) is 17.4 Å². The molecule has 1 heterocycles. The van der Waals surface area contributed by atoms with Gasteiger partial charge in [0, 0.05) is 10.4 Å². The molecular formula is C17H21ClFNOS. The summed E-state index contributed by atoms with van der Waals surface area (Å²) in [5, 5.41) is 0. The SMILES string of the molecule is CC(C)COc1cc(-c2nc(Cl)sc2CC(C)C)ccc1F. The van der Waals surface area contributed by atoms with E-state index >= 15 is 0 Å². The first-order valence-corrected chi connectivity index (χ1v) is 8.64. The lowest BCUT2D eigenvalue weighted by molar-refractivity contribution is 0.259. The molecule has 2 rings (SSSR count). The number of nitrogens with zero attached hydrogens (tertiary/aromatic N) is 1. The molecule has 0 saturated heterocycles. The Hall–Kier alpha value is -1.13. The molecule has 120 valence electrons. The first kappa shape index (κ1) is 17.2. The highest BCUT2D eigenvalue weighted by Crippen LogP contribution is 2.34. The van der Waals surface area contributed by atoms with Gasteiger partial charge in [-0.25, -0.2) is 9.37 Å². The van der Waals surface area contributed by atoms with Crippen LogP contribution in [0.15, 0.2) is 18.2 Å². The van der Waals surface area contributed by atoms with E-state index in [4.69, 9.17) is 16.3 Å². The normalized spacial score (nSPS) is 11.5. The highest BCUT2D eigenvalue weighted by molar-refractivity contribution is 7.16. The molecule has 0 bridgehead atoms. The summed E-state index contributed by atoms with van der Waals surface area (Å²) >= 11 is 7.56. The lowest BCUT2D eigenvalue weighted by atomic mass is 10.0. The molecule has 0 atom stereocenters. The molecule has 2 aromatic rings. The fourth-order valence-electron chi connectivity index (χ4n) is 2.08. The van der Waals surface area contributed by atoms with Crippen LogP contribution in [0.5, 0.6) is 5.75 Å². The molecule has 0 saturated carbocycles. The minimum Gasteiger partial charge on any atom is -0.490 e. The smallest absolute Gasteiger partial charge is 0.184 e. The van der Waals surface area contributed by atoms with Crippen LogP contribution in [-0.4, -0.2) is 11.6 Å². The number of rotatable bonds is 6. The second-order valence-electron chi connectivity index (χ2n) is 6.19. The van der Waals surface area contributed by atoms with Crippen LogP contribution in [0.1, 0.15) is 32.6 Å². The van der Waals surface area contributed by atoms with Crippen LogP contribution in [0.2, 0.25) is 4.47 Å². The van der Waals surface area contributed by atoms with Gasteiger partial charge in [-0.2, -0.15) is 0 Å². The molecule has 0 aliphatic heterocycles. The highest BCUT2D eigenvalue weighted by Gasteiger charge is 2.16.